The highest BCUT2D eigenvalue weighted by atomic mass is 16.6. The van der Waals surface area contributed by atoms with Crippen molar-refractivity contribution in [3.05, 3.63) is 70.8 Å². The van der Waals surface area contributed by atoms with Gasteiger partial charge in [0.2, 0.25) is 0 Å². The van der Waals surface area contributed by atoms with Crippen LogP contribution in [0.1, 0.15) is 29.2 Å². The molecule has 4 aliphatic carbocycles. The lowest BCUT2D eigenvalue weighted by molar-refractivity contribution is -0.158. The zero-order valence-electron chi connectivity index (χ0n) is 15.2. The number of benzene rings is 2. The molecule has 0 radical (unpaired) electrons. The third-order valence-corrected chi connectivity index (χ3v) is 4.91. The molecule has 2 aromatic rings. The maximum absolute atomic E-state index is 12.4. The fourth-order valence-electron chi connectivity index (χ4n) is 3.46. The van der Waals surface area contributed by atoms with E-state index in [0.29, 0.717) is 12.8 Å². The highest BCUT2D eigenvalue weighted by Gasteiger charge is 2.32. The molecule has 136 valence electrons. The molecule has 4 nitrogen and oxygen atoms in total. The summed E-state index contributed by atoms with van der Waals surface area (Å²) in [4.78, 5) is 24.1. The molecule has 4 bridgehead atoms. The van der Waals surface area contributed by atoms with E-state index in [1.54, 1.807) is 0 Å². The van der Waals surface area contributed by atoms with Gasteiger partial charge in [-0.3, -0.25) is 9.59 Å². The molecule has 6 rings (SSSR count). The molecule has 2 aromatic carbocycles. The molecule has 0 spiro atoms. The van der Waals surface area contributed by atoms with E-state index in [1.807, 2.05) is 24.3 Å². The summed E-state index contributed by atoms with van der Waals surface area (Å²) in [5, 5.41) is 0. The van der Waals surface area contributed by atoms with Gasteiger partial charge in [-0.05, 0) is 41.5 Å². The Bertz CT molecular complexity index is 762. The molecular weight excluding hydrogens is 328 g/mol. The predicted octanol–water partition coefficient (Wildman–Crippen LogP) is 3.29. The average molecular weight is 352 g/mol. The zero-order chi connectivity index (χ0) is 18.5. The molecule has 0 N–H and O–H groups in total. The second-order valence-corrected chi connectivity index (χ2v) is 6.82. The van der Waals surface area contributed by atoms with Crippen LogP contribution in [0.5, 0.6) is 0 Å². The second-order valence-electron chi connectivity index (χ2n) is 6.82. The molecule has 0 saturated heterocycles. The normalized spacial score (nSPS) is 19.6. The smallest absolute Gasteiger partial charge is 0.312 e. The number of carbonyl (C=O) groups is 2. The summed E-state index contributed by atoms with van der Waals surface area (Å²) in [5.41, 5.74) is 4.61. The first kappa shape index (κ1) is 18.2. The van der Waals surface area contributed by atoms with Gasteiger partial charge in [-0.15, -0.1) is 0 Å². The molecule has 0 aliphatic heterocycles. The van der Waals surface area contributed by atoms with Crippen molar-refractivity contribution in [2.45, 2.75) is 38.7 Å². The van der Waals surface area contributed by atoms with Gasteiger partial charge in [0.15, 0.2) is 0 Å². The van der Waals surface area contributed by atoms with Crippen molar-refractivity contribution in [2.24, 2.45) is 5.92 Å². The maximum atomic E-state index is 12.4. The quantitative estimate of drug-likeness (QED) is 0.778. The summed E-state index contributed by atoms with van der Waals surface area (Å²) in [6.07, 6.45) is 2.36. The van der Waals surface area contributed by atoms with Gasteiger partial charge in [0.05, 0.1) is 13.0 Å². The van der Waals surface area contributed by atoms with E-state index in [2.05, 4.69) is 24.3 Å². The number of ether oxygens (including phenoxy) is 2. The summed E-state index contributed by atoms with van der Waals surface area (Å²) in [7, 11) is 1.37. The van der Waals surface area contributed by atoms with Crippen LogP contribution < -0.4 is 0 Å². The first-order valence-electron chi connectivity index (χ1n) is 8.96. The highest BCUT2D eigenvalue weighted by Crippen LogP contribution is 2.23. The van der Waals surface area contributed by atoms with Gasteiger partial charge in [-0.2, -0.15) is 0 Å². The van der Waals surface area contributed by atoms with E-state index < -0.39 is 18.0 Å². The lowest BCUT2D eigenvalue weighted by Crippen LogP contribution is -2.36. The van der Waals surface area contributed by atoms with Crippen LogP contribution in [0.3, 0.4) is 0 Å². The molecular formula is C22H24O4. The Morgan fingerprint density at radius 1 is 0.808 bits per heavy atom. The molecule has 2 atom stereocenters. The number of rotatable bonds is 2. The van der Waals surface area contributed by atoms with E-state index in [1.165, 1.54) is 25.2 Å². The van der Waals surface area contributed by atoms with Crippen molar-refractivity contribution in [2.75, 3.05) is 7.11 Å². The van der Waals surface area contributed by atoms with Crippen LogP contribution in [0.25, 0.3) is 0 Å². The highest BCUT2D eigenvalue weighted by molar-refractivity contribution is 5.74. The second kappa shape index (κ2) is 8.17. The number of esters is 2. The predicted molar refractivity (Wildman–Crippen MR) is 98.8 cm³/mol. The van der Waals surface area contributed by atoms with Gasteiger partial charge >= 0.3 is 11.9 Å². The van der Waals surface area contributed by atoms with E-state index in [0.717, 1.165) is 24.0 Å². The van der Waals surface area contributed by atoms with Gasteiger partial charge < -0.3 is 9.47 Å². The largest absolute Gasteiger partial charge is 0.469 e. The van der Waals surface area contributed by atoms with E-state index in [4.69, 9.17) is 9.47 Å². The SMILES string of the molecule is COC(=O)[C@H]1Cc2ccc(cc2)CCc2ccc(cc2)C[C@H]1OC(C)=O. The van der Waals surface area contributed by atoms with Crippen molar-refractivity contribution in [3.8, 4) is 0 Å². The fourth-order valence-corrected chi connectivity index (χ4v) is 3.46. The van der Waals surface area contributed by atoms with Crippen LogP contribution >= 0.6 is 0 Å². The number of aryl methyl sites for hydroxylation is 2. The molecule has 0 aromatic heterocycles. The van der Waals surface area contributed by atoms with Crippen molar-refractivity contribution in [1.82, 2.24) is 0 Å². The van der Waals surface area contributed by atoms with Crippen molar-refractivity contribution < 1.29 is 19.1 Å². The summed E-state index contributed by atoms with van der Waals surface area (Å²) >= 11 is 0. The first-order valence-corrected chi connectivity index (χ1v) is 8.96. The van der Waals surface area contributed by atoms with Crippen LogP contribution in [0.15, 0.2) is 48.5 Å². The Hall–Kier alpha value is -2.62. The molecule has 0 amide bonds. The van der Waals surface area contributed by atoms with Crippen LogP contribution in [-0.2, 0) is 44.7 Å². The Morgan fingerprint density at radius 2 is 1.27 bits per heavy atom. The summed E-state index contributed by atoms with van der Waals surface area (Å²) in [6.45, 7) is 1.37. The number of methoxy groups -OCH3 is 1. The van der Waals surface area contributed by atoms with Crippen LogP contribution in [0, 0.1) is 5.92 Å². The Morgan fingerprint density at radius 3 is 1.73 bits per heavy atom. The third-order valence-electron chi connectivity index (χ3n) is 4.91. The minimum absolute atomic E-state index is 0.357. The first-order chi connectivity index (χ1) is 12.5. The third kappa shape index (κ3) is 4.51. The standard InChI is InChI=1S/C22H24O4/c1-15(23)26-21-14-19-11-7-17(8-12-19)4-3-16-5-9-18(10-6-16)13-20(21)22(24)25-2/h5-12,20-21H,3-4,13-14H2,1-2H3/t20-,21+/m0/s1. The van der Waals surface area contributed by atoms with Gasteiger partial charge in [0, 0.05) is 13.3 Å². The fraction of sp³-hybridized carbons (Fsp3) is 0.364. The molecule has 26 heavy (non-hydrogen) atoms. The molecule has 0 saturated carbocycles. The van der Waals surface area contributed by atoms with E-state index >= 15 is 0 Å². The average Bonchev–Trinajstić information content (AvgIpc) is 2.65. The van der Waals surface area contributed by atoms with Gasteiger partial charge in [0.1, 0.15) is 6.10 Å². The molecule has 0 unspecified atom stereocenters. The van der Waals surface area contributed by atoms with Gasteiger partial charge in [0.25, 0.3) is 0 Å². The number of carbonyl (C=O) groups excluding carboxylic acids is 2. The monoisotopic (exact) mass is 352 g/mol. The summed E-state index contributed by atoms with van der Waals surface area (Å²) in [5.74, 6) is -1.29. The molecule has 0 heterocycles. The zero-order valence-corrected chi connectivity index (χ0v) is 15.2. The minimum Gasteiger partial charge on any atom is -0.469 e. The Kier molecular flexibility index (Phi) is 5.71. The van der Waals surface area contributed by atoms with Gasteiger partial charge in [-0.25, -0.2) is 0 Å². The molecule has 0 fully saturated rings. The lowest BCUT2D eigenvalue weighted by Gasteiger charge is -2.25. The summed E-state index contributed by atoms with van der Waals surface area (Å²) < 4.78 is 10.5. The Labute approximate surface area is 154 Å². The maximum Gasteiger partial charge on any atom is 0.312 e. The number of hydrogen-bond donors (Lipinski definition) is 0. The summed E-state index contributed by atoms with van der Waals surface area (Å²) in [6, 6.07) is 16.6. The minimum atomic E-state index is -0.562. The Balaban J connectivity index is 2.01. The van der Waals surface area contributed by atoms with Crippen molar-refractivity contribution >= 4 is 11.9 Å². The van der Waals surface area contributed by atoms with Crippen LogP contribution in [-0.4, -0.2) is 25.2 Å². The number of hydrogen-bond acceptors (Lipinski definition) is 4. The molecule has 4 heteroatoms. The lowest BCUT2D eigenvalue weighted by atomic mass is 9.88. The van der Waals surface area contributed by atoms with Gasteiger partial charge in [-0.1, -0.05) is 48.5 Å². The van der Waals surface area contributed by atoms with E-state index in [9.17, 15) is 9.59 Å². The van der Waals surface area contributed by atoms with Crippen molar-refractivity contribution in [1.29, 1.82) is 0 Å². The van der Waals surface area contributed by atoms with E-state index in [-0.39, 0.29) is 5.97 Å². The molecule has 4 aliphatic rings. The van der Waals surface area contributed by atoms with Crippen LogP contribution in [0.4, 0.5) is 0 Å². The van der Waals surface area contributed by atoms with Crippen LogP contribution in [0.2, 0.25) is 0 Å². The van der Waals surface area contributed by atoms with Crippen molar-refractivity contribution in [3.63, 3.8) is 0 Å². The topological polar surface area (TPSA) is 52.6 Å².